The summed E-state index contributed by atoms with van der Waals surface area (Å²) in [4.78, 5) is 4.81. The van der Waals surface area contributed by atoms with E-state index in [0.717, 1.165) is 34.1 Å². The molecule has 0 N–H and O–H groups in total. The summed E-state index contributed by atoms with van der Waals surface area (Å²) in [5.41, 5.74) is 12.1. The molecule has 0 saturated heterocycles. The standard InChI is InChI=1S/C60H54N2/c1-39-17-25-43(26-18-39)61(45-29-21-41(22-30-45)59(3,4)5)47-33-35-53-55(37-47)49-13-9-11-15-51(49)58-54-36-34-48(38-56(54)50-14-10-12-16-52(50)57(53)58)62(44-27-19-40(2)20-28-44)46-31-23-42(24-32-46)60(6,7)8/h9-38H,1-8H3. The molecule has 0 aromatic heterocycles. The van der Waals surface area contributed by atoms with Crippen molar-refractivity contribution in [1.82, 2.24) is 0 Å². The maximum absolute atomic E-state index is 2.42. The second-order valence-electron chi connectivity index (χ2n) is 19.2. The molecule has 0 aliphatic carbocycles. The van der Waals surface area contributed by atoms with E-state index in [-0.39, 0.29) is 10.8 Å². The van der Waals surface area contributed by atoms with Gasteiger partial charge in [-0.3, -0.25) is 0 Å². The van der Waals surface area contributed by atoms with Crippen molar-refractivity contribution in [1.29, 1.82) is 0 Å². The molecule has 0 amide bonds. The summed E-state index contributed by atoms with van der Waals surface area (Å²) in [5, 5.41) is 12.7. The molecule has 10 aromatic carbocycles. The Morgan fingerprint density at radius 2 is 0.548 bits per heavy atom. The van der Waals surface area contributed by atoms with Crippen LogP contribution in [0.5, 0.6) is 0 Å². The molecule has 10 aromatic rings. The molecule has 10 rings (SSSR count). The van der Waals surface area contributed by atoms with E-state index in [4.69, 9.17) is 0 Å². The van der Waals surface area contributed by atoms with Crippen LogP contribution in [0.15, 0.2) is 182 Å². The lowest BCUT2D eigenvalue weighted by atomic mass is 9.86. The maximum atomic E-state index is 2.42. The van der Waals surface area contributed by atoms with E-state index in [1.807, 2.05) is 0 Å². The summed E-state index contributed by atoms with van der Waals surface area (Å²) in [6.07, 6.45) is 0. The van der Waals surface area contributed by atoms with Crippen molar-refractivity contribution in [3.8, 4) is 0 Å². The number of anilines is 6. The van der Waals surface area contributed by atoms with Gasteiger partial charge in [-0.25, -0.2) is 0 Å². The molecule has 0 atom stereocenters. The van der Waals surface area contributed by atoms with Crippen LogP contribution in [0.4, 0.5) is 34.1 Å². The number of hydrogen-bond acceptors (Lipinski definition) is 2. The molecular weight excluding hydrogens is 749 g/mol. The number of rotatable bonds is 6. The average molecular weight is 803 g/mol. The van der Waals surface area contributed by atoms with Gasteiger partial charge in [0.15, 0.2) is 0 Å². The minimum absolute atomic E-state index is 0.0729. The van der Waals surface area contributed by atoms with Crippen LogP contribution in [-0.2, 0) is 10.8 Å². The zero-order valence-electron chi connectivity index (χ0n) is 37.2. The van der Waals surface area contributed by atoms with Crippen molar-refractivity contribution in [2.45, 2.75) is 66.2 Å². The lowest BCUT2D eigenvalue weighted by molar-refractivity contribution is 0.590. The number of aryl methyl sites for hydroxylation is 2. The monoisotopic (exact) mass is 802 g/mol. The average Bonchev–Trinajstić information content (AvgIpc) is 3.27. The van der Waals surface area contributed by atoms with Crippen molar-refractivity contribution in [3.63, 3.8) is 0 Å². The van der Waals surface area contributed by atoms with Gasteiger partial charge in [-0.05, 0) is 162 Å². The van der Waals surface area contributed by atoms with Gasteiger partial charge < -0.3 is 9.80 Å². The maximum Gasteiger partial charge on any atom is 0.0468 e. The molecule has 0 heterocycles. The van der Waals surface area contributed by atoms with Crippen LogP contribution in [-0.4, -0.2) is 0 Å². The number of hydrogen-bond donors (Lipinski definition) is 0. The van der Waals surface area contributed by atoms with Crippen molar-refractivity contribution >= 4 is 88.0 Å². The SMILES string of the molecule is Cc1ccc(N(c2ccc(C(C)(C)C)cc2)c2ccc3c(c2)c2ccccc2c2c4ccc(N(c5ccc(C)cc5)c5ccc(C(C)(C)C)cc5)cc4c4ccccc4c32)cc1. The third-order valence-corrected chi connectivity index (χ3v) is 12.9. The van der Waals surface area contributed by atoms with Crippen LogP contribution >= 0.6 is 0 Å². The predicted molar refractivity (Wildman–Crippen MR) is 270 cm³/mol. The van der Waals surface area contributed by atoms with Gasteiger partial charge in [0.05, 0.1) is 0 Å². The minimum atomic E-state index is 0.0729. The highest BCUT2D eigenvalue weighted by molar-refractivity contribution is 6.39. The van der Waals surface area contributed by atoms with Crippen LogP contribution in [0.1, 0.15) is 63.8 Å². The van der Waals surface area contributed by atoms with E-state index in [2.05, 4.69) is 247 Å². The van der Waals surface area contributed by atoms with Crippen molar-refractivity contribution < 1.29 is 0 Å². The Morgan fingerprint density at radius 3 is 0.871 bits per heavy atom. The first-order valence-corrected chi connectivity index (χ1v) is 22.0. The molecule has 0 bridgehead atoms. The van der Waals surface area contributed by atoms with E-state index in [1.54, 1.807) is 0 Å². The first-order chi connectivity index (χ1) is 29.8. The number of benzene rings is 10. The Morgan fingerprint density at radius 1 is 0.274 bits per heavy atom. The summed E-state index contributed by atoms with van der Waals surface area (Å²) in [6, 6.07) is 68.3. The lowest BCUT2D eigenvalue weighted by Gasteiger charge is -2.28. The smallest absolute Gasteiger partial charge is 0.0468 e. The summed E-state index contributed by atoms with van der Waals surface area (Å²) < 4.78 is 0. The zero-order valence-corrected chi connectivity index (χ0v) is 37.2. The Hall–Kier alpha value is -6.90. The van der Waals surface area contributed by atoms with Gasteiger partial charge in [0.2, 0.25) is 0 Å². The van der Waals surface area contributed by atoms with E-state index < -0.39 is 0 Å². The Labute approximate surface area is 366 Å². The minimum Gasteiger partial charge on any atom is -0.310 e. The third-order valence-electron chi connectivity index (χ3n) is 12.9. The number of nitrogens with zero attached hydrogens (tertiary/aromatic N) is 2. The van der Waals surface area contributed by atoms with E-state index in [9.17, 15) is 0 Å². The molecule has 0 fully saturated rings. The molecule has 0 radical (unpaired) electrons. The van der Waals surface area contributed by atoms with Gasteiger partial charge in [0, 0.05) is 34.1 Å². The second-order valence-corrected chi connectivity index (χ2v) is 19.2. The fourth-order valence-corrected chi connectivity index (χ4v) is 9.43. The first-order valence-electron chi connectivity index (χ1n) is 22.0. The van der Waals surface area contributed by atoms with Gasteiger partial charge in [0.1, 0.15) is 0 Å². The molecule has 0 aliphatic rings. The van der Waals surface area contributed by atoms with Crippen LogP contribution in [0, 0.1) is 13.8 Å². The largest absolute Gasteiger partial charge is 0.310 e. The third kappa shape index (κ3) is 6.85. The summed E-state index contributed by atoms with van der Waals surface area (Å²) in [6.45, 7) is 18.0. The normalized spacial score (nSPS) is 12.2. The van der Waals surface area contributed by atoms with E-state index in [0.29, 0.717) is 0 Å². The quantitative estimate of drug-likeness (QED) is 0.155. The topological polar surface area (TPSA) is 6.48 Å². The molecule has 0 saturated carbocycles. The highest BCUT2D eigenvalue weighted by Gasteiger charge is 2.22. The highest BCUT2D eigenvalue weighted by atomic mass is 15.1. The Balaban J connectivity index is 1.22. The molecule has 0 aliphatic heterocycles. The lowest BCUT2D eigenvalue weighted by Crippen LogP contribution is -2.13. The molecule has 0 unspecified atom stereocenters. The molecule has 304 valence electrons. The zero-order chi connectivity index (χ0) is 42.9. The van der Waals surface area contributed by atoms with Gasteiger partial charge in [0.25, 0.3) is 0 Å². The molecule has 2 nitrogen and oxygen atoms in total. The Kier molecular flexibility index (Phi) is 9.45. The fourth-order valence-electron chi connectivity index (χ4n) is 9.43. The molecular formula is C60H54N2. The van der Waals surface area contributed by atoms with Crippen molar-refractivity contribution in [2.24, 2.45) is 0 Å². The van der Waals surface area contributed by atoms with Crippen LogP contribution in [0.2, 0.25) is 0 Å². The fraction of sp³-hybridized carbons (Fsp3) is 0.167. The highest BCUT2D eigenvalue weighted by Crippen LogP contribution is 2.48. The molecule has 2 heteroatoms. The van der Waals surface area contributed by atoms with Gasteiger partial charge in [-0.2, -0.15) is 0 Å². The summed E-state index contributed by atoms with van der Waals surface area (Å²) >= 11 is 0. The molecule has 0 spiro atoms. The van der Waals surface area contributed by atoms with E-state index >= 15 is 0 Å². The van der Waals surface area contributed by atoms with Crippen LogP contribution in [0.3, 0.4) is 0 Å². The van der Waals surface area contributed by atoms with Gasteiger partial charge in [-0.1, -0.05) is 162 Å². The predicted octanol–water partition coefficient (Wildman–Crippen LogP) is 17.6. The van der Waals surface area contributed by atoms with Gasteiger partial charge >= 0.3 is 0 Å². The van der Waals surface area contributed by atoms with E-state index in [1.165, 1.54) is 76.1 Å². The second kappa shape index (κ2) is 14.9. The Bertz CT molecular complexity index is 3060. The van der Waals surface area contributed by atoms with Crippen molar-refractivity contribution in [2.75, 3.05) is 9.80 Å². The molecule has 62 heavy (non-hydrogen) atoms. The summed E-state index contributed by atoms with van der Waals surface area (Å²) in [7, 11) is 0. The van der Waals surface area contributed by atoms with Crippen molar-refractivity contribution in [3.05, 3.63) is 204 Å². The summed E-state index contributed by atoms with van der Waals surface area (Å²) in [5.74, 6) is 0. The van der Waals surface area contributed by atoms with Crippen LogP contribution in [0.25, 0.3) is 53.9 Å². The van der Waals surface area contributed by atoms with Gasteiger partial charge in [-0.15, -0.1) is 0 Å². The number of fused-ring (bicyclic) bond motifs is 11. The van der Waals surface area contributed by atoms with Crippen LogP contribution < -0.4 is 9.80 Å². The first kappa shape index (κ1) is 39.2.